The quantitative estimate of drug-likeness (QED) is 0.879. The van der Waals surface area contributed by atoms with Gasteiger partial charge in [-0.3, -0.25) is 4.79 Å². The van der Waals surface area contributed by atoms with Crippen molar-refractivity contribution in [3.05, 3.63) is 65.5 Å². The Labute approximate surface area is 117 Å². The van der Waals surface area contributed by atoms with Crippen molar-refractivity contribution in [1.82, 2.24) is 0 Å². The first-order chi connectivity index (χ1) is 9.67. The van der Waals surface area contributed by atoms with E-state index in [1.165, 1.54) is 12.1 Å². The van der Waals surface area contributed by atoms with Gasteiger partial charge < -0.3 is 10.5 Å². The van der Waals surface area contributed by atoms with Crippen LogP contribution in [0.4, 0.5) is 4.39 Å². The lowest BCUT2D eigenvalue weighted by atomic mass is 10.1. The van der Waals surface area contributed by atoms with Crippen molar-refractivity contribution in [3.8, 4) is 5.75 Å². The third-order valence-corrected chi connectivity index (χ3v) is 2.87. The number of halogens is 1. The van der Waals surface area contributed by atoms with Crippen LogP contribution in [0.3, 0.4) is 0 Å². The van der Waals surface area contributed by atoms with Crippen molar-refractivity contribution >= 4 is 5.78 Å². The zero-order valence-electron chi connectivity index (χ0n) is 11.0. The zero-order valence-corrected chi connectivity index (χ0v) is 11.0. The van der Waals surface area contributed by atoms with Crippen LogP contribution >= 0.6 is 0 Å². The van der Waals surface area contributed by atoms with Gasteiger partial charge >= 0.3 is 0 Å². The van der Waals surface area contributed by atoms with Gasteiger partial charge in [-0.25, -0.2) is 4.39 Å². The Kier molecular flexibility index (Phi) is 4.85. The molecule has 0 saturated heterocycles. The van der Waals surface area contributed by atoms with Crippen LogP contribution in [0.15, 0.2) is 48.5 Å². The predicted octanol–water partition coefficient (Wildman–Crippen LogP) is 2.48. The Balaban J connectivity index is 1.90. The van der Waals surface area contributed by atoms with Crippen LogP contribution < -0.4 is 10.5 Å². The molecule has 0 aliphatic carbocycles. The van der Waals surface area contributed by atoms with E-state index >= 15 is 0 Å². The van der Waals surface area contributed by atoms with E-state index in [1.807, 2.05) is 24.3 Å². The Bertz CT molecular complexity index is 564. The minimum Gasteiger partial charge on any atom is -0.489 e. The van der Waals surface area contributed by atoms with E-state index in [4.69, 9.17) is 10.5 Å². The second kappa shape index (κ2) is 6.82. The zero-order chi connectivity index (χ0) is 14.4. The standard InChI is InChI=1S/C16H16FNO2/c17-14-5-1-13(2-6-14)11-20-16-7-3-12(4-8-16)9-15(19)10-18/h1-8H,9-11,18H2. The molecule has 0 bridgehead atoms. The van der Waals surface area contributed by atoms with E-state index in [9.17, 15) is 9.18 Å². The molecule has 0 atom stereocenters. The second-order valence-electron chi connectivity index (χ2n) is 4.48. The SMILES string of the molecule is NCC(=O)Cc1ccc(OCc2ccc(F)cc2)cc1. The van der Waals surface area contributed by atoms with E-state index in [0.717, 1.165) is 11.1 Å². The van der Waals surface area contributed by atoms with Gasteiger partial charge in [-0.2, -0.15) is 0 Å². The highest BCUT2D eigenvalue weighted by Gasteiger charge is 2.02. The van der Waals surface area contributed by atoms with Crippen molar-refractivity contribution in [2.75, 3.05) is 6.54 Å². The fourth-order valence-corrected chi connectivity index (χ4v) is 1.75. The van der Waals surface area contributed by atoms with E-state index < -0.39 is 0 Å². The molecule has 0 saturated carbocycles. The van der Waals surface area contributed by atoms with Gasteiger partial charge in [0.1, 0.15) is 18.2 Å². The number of Topliss-reactive ketones (excluding diaryl/α,β-unsaturated/α-hetero) is 1. The van der Waals surface area contributed by atoms with Gasteiger partial charge in [0.25, 0.3) is 0 Å². The van der Waals surface area contributed by atoms with Gasteiger partial charge in [-0.15, -0.1) is 0 Å². The lowest BCUT2D eigenvalue weighted by molar-refractivity contribution is -0.117. The Morgan fingerprint density at radius 3 is 2.20 bits per heavy atom. The molecule has 2 aromatic rings. The molecule has 0 aromatic heterocycles. The van der Waals surface area contributed by atoms with Gasteiger partial charge in [0.05, 0.1) is 6.54 Å². The summed E-state index contributed by atoms with van der Waals surface area (Å²) in [4.78, 5) is 11.2. The van der Waals surface area contributed by atoms with Gasteiger partial charge in [-0.1, -0.05) is 24.3 Å². The molecule has 0 amide bonds. The number of hydrogen-bond donors (Lipinski definition) is 1. The van der Waals surface area contributed by atoms with Crippen molar-refractivity contribution in [3.63, 3.8) is 0 Å². The summed E-state index contributed by atoms with van der Waals surface area (Å²) >= 11 is 0. The smallest absolute Gasteiger partial charge is 0.150 e. The molecule has 0 aliphatic heterocycles. The van der Waals surface area contributed by atoms with Crippen LogP contribution in [0.2, 0.25) is 0 Å². The van der Waals surface area contributed by atoms with Crippen molar-refractivity contribution in [2.45, 2.75) is 13.0 Å². The number of nitrogens with two attached hydrogens (primary N) is 1. The summed E-state index contributed by atoms with van der Waals surface area (Å²) in [5.74, 6) is 0.450. The molecule has 2 rings (SSSR count). The predicted molar refractivity (Wildman–Crippen MR) is 74.9 cm³/mol. The average molecular weight is 273 g/mol. The fraction of sp³-hybridized carbons (Fsp3) is 0.188. The number of ether oxygens (including phenoxy) is 1. The summed E-state index contributed by atoms with van der Waals surface area (Å²) in [5, 5.41) is 0. The Hall–Kier alpha value is -2.20. The molecule has 0 unspecified atom stereocenters. The van der Waals surface area contributed by atoms with Crippen LogP contribution in [0.1, 0.15) is 11.1 Å². The molecule has 4 heteroatoms. The molecule has 20 heavy (non-hydrogen) atoms. The van der Waals surface area contributed by atoms with Crippen LogP contribution in [-0.2, 0) is 17.8 Å². The Morgan fingerprint density at radius 2 is 1.60 bits per heavy atom. The first-order valence-electron chi connectivity index (χ1n) is 6.35. The number of rotatable bonds is 6. The van der Waals surface area contributed by atoms with E-state index in [-0.39, 0.29) is 18.1 Å². The summed E-state index contributed by atoms with van der Waals surface area (Å²) in [6, 6.07) is 13.5. The van der Waals surface area contributed by atoms with Crippen LogP contribution in [0.5, 0.6) is 5.75 Å². The highest BCUT2D eigenvalue weighted by molar-refractivity contribution is 5.82. The summed E-state index contributed by atoms with van der Waals surface area (Å²) in [6.45, 7) is 0.435. The molecular formula is C16H16FNO2. The van der Waals surface area contributed by atoms with Crippen molar-refractivity contribution in [2.24, 2.45) is 5.73 Å². The normalized spacial score (nSPS) is 10.3. The maximum absolute atomic E-state index is 12.8. The minimum atomic E-state index is -0.261. The molecule has 3 nitrogen and oxygen atoms in total. The highest BCUT2D eigenvalue weighted by atomic mass is 19.1. The monoisotopic (exact) mass is 273 g/mol. The summed E-state index contributed by atoms with van der Waals surface area (Å²) < 4.78 is 18.3. The molecule has 0 radical (unpaired) electrons. The maximum Gasteiger partial charge on any atom is 0.150 e. The van der Waals surface area contributed by atoms with Gasteiger partial charge in [0, 0.05) is 6.42 Å². The highest BCUT2D eigenvalue weighted by Crippen LogP contribution is 2.15. The first kappa shape index (κ1) is 14.2. The average Bonchev–Trinajstić information content (AvgIpc) is 2.48. The lowest BCUT2D eigenvalue weighted by Crippen LogP contribution is -2.15. The third-order valence-electron chi connectivity index (χ3n) is 2.87. The van der Waals surface area contributed by atoms with Gasteiger partial charge in [-0.05, 0) is 35.4 Å². The van der Waals surface area contributed by atoms with Crippen molar-refractivity contribution in [1.29, 1.82) is 0 Å². The molecule has 0 spiro atoms. The lowest BCUT2D eigenvalue weighted by Gasteiger charge is -2.07. The Morgan fingerprint density at radius 1 is 1.00 bits per heavy atom. The third kappa shape index (κ3) is 4.17. The van der Waals surface area contributed by atoms with Crippen LogP contribution in [-0.4, -0.2) is 12.3 Å². The summed E-state index contributed by atoms with van der Waals surface area (Å²) in [7, 11) is 0. The molecule has 0 aliphatic rings. The van der Waals surface area contributed by atoms with E-state index in [1.54, 1.807) is 12.1 Å². The van der Waals surface area contributed by atoms with Crippen LogP contribution in [0.25, 0.3) is 0 Å². The number of ketones is 1. The topological polar surface area (TPSA) is 52.3 Å². The van der Waals surface area contributed by atoms with Crippen molar-refractivity contribution < 1.29 is 13.9 Å². The van der Waals surface area contributed by atoms with Gasteiger partial charge in [0.15, 0.2) is 5.78 Å². The minimum absolute atomic E-state index is 0.00461. The van der Waals surface area contributed by atoms with Gasteiger partial charge in [0.2, 0.25) is 0 Å². The van der Waals surface area contributed by atoms with E-state index in [0.29, 0.717) is 18.8 Å². The summed E-state index contributed by atoms with van der Waals surface area (Å²) in [5.41, 5.74) is 7.08. The molecule has 0 fully saturated rings. The molecule has 0 heterocycles. The summed E-state index contributed by atoms with van der Waals surface area (Å²) in [6.07, 6.45) is 0.342. The molecule has 104 valence electrons. The van der Waals surface area contributed by atoms with Crippen LogP contribution in [0, 0.1) is 5.82 Å². The second-order valence-corrected chi connectivity index (χ2v) is 4.48. The fourth-order valence-electron chi connectivity index (χ4n) is 1.75. The number of benzene rings is 2. The molecular weight excluding hydrogens is 257 g/mol. The molecule has 2 aromatic carbocycles. The largest absolute Gasteiger partial charge is 0.489 e. The van der Waals surface area contributed by atoms with E-state index in [2.05, 4.69) is 0 Å². The number of carbonyl (C=O) groups is 1. The number of carbonyl (C=O) groups excluding carboxylic acids is 1. The molecule has 2 N–H and O–H groups in total. The number of hydrogen-bond acceptors (Lipinski definition) is 3. The maximum atomic E-state index is 12.8. The first-order valence-corrected chi connectivity index (χ1v) is 6.35.